The molecule has 0 bridgehead atoms. The second-order valence-electron chi connectivity index (χ2n) is 10.5. The van der Waals surface area contributed by atoms with E-state index >= 15 is 0 Å². The number of sulfonamides is 1. The molecule has 4 rings (SSSR count). The number of methoxy groups -OCH3 is 1. The third kappa shape index (κ3) is 7.56. The third-order valence-corrected chi connectivity index (χ3v) is 9.96. The third-order valence-electron chi connectivity index (χ3n) is 7.43. The lowest BCUT2D eigenvalue weighted by Crippen LogP contribution is -2.52. The first kappa shape index (κ1) is 31.7. The number of hydrogen-bond donors (Lipinski definition) is 1. The lowest BCUT2D eigenvalue weighted by molar-refractivity contribution is -0.139. The fraction of sp³-hybridized carbons (Fsp3) is 0.355. The highest BCUT2D eigenvalue weighted by Crippen LogP contribution is 2.31. The van der Waals surface area contributed by atoms with Crippen LogP contribution in [0.1, 0.15) is 43.7 Å². The van der Waals surface area contributed by atoms with Gasteiger partial charge < -0.3 is 15.0 Å². The van der Waals surface area contributed by atoms with E-state index in [1.165, 1.54) is 35.2 Å². The molecule has 0 spiro atoms. The van der Waals surface area contributed by atoms with Crippen LogP contribution in [0, 0.1) is 6.92 Å². The number of nitrogens with one attached hydrogen (secondary N) is 1. The highest BCUT2D eigenvalue weighted by molar-refractivity contribution is 7.92. The van der Waals surface area contributed by atoms with E-state index in [1.54, 1.807) is 44.4 Å². The van der Waals surface area contributed by atoms with Crippen molar-refractivity contribution in [2.24, 2.45) is 0 Å². The van der Waals surface area contributed by atoms with Crippen LogP contribution in [0.15, 0.2) is 71.6 Å². The van der Waals surface area contributed by atoms with Gasteiger partial charge in [0.2, 0.25) is 11.8 Å². The van der Waals surface area contributed by atoms with Crippen LogP contribution in [-0.4, -0.2) is 50.9 Å². The molecule has 1 N–H and O–H groups in total. The van der Waals surface area contributed by atoms with Crippen LogP contribution in [-0.2, 0) is 26.2 Å². The summed E-state index contributed by atoms with van der Waals surface area (Å²) in [5.74, 6) is -0.253. The average Bonchev–Trinajstić information content (AvgIpc) is 3.49. The monoisotopic (exact) mass is 631 g/mol. The van der Waals surface area contributed by atoms with Crippen molar-refractivity contribution in [2.75, 3.05) is 18.0 Å². The molecule has 1 fully saturated rings. The number of anilines is 1. The average molecular weight is 633 g/mol. The van der Waals surface area contributed by atoms with Gasteiger partial charge in [0, 0.05) is 12.6 Å². The molecule has 11 heteroatoms. The van der Waals surface area contributed by atoms with Crippen molar-refractivity contribution in [3.05, 3.63) is 87.9 Å². The Bertz CT molecular complexity index is 1530. The van der Waals surface area contributed by atoms with Crippen molar-refractivity contribution in [3.63, 3.8) is 0 Å². The topological polar surface area (TPSA) is 96.0 Å². The molecule has 3 aromatic rings. The van der Waals surface area contributed by atoms with Crippen molar-refractivity contribution in [3.8, 4) is 5.75 Å². The minimum absolute atomic E-state index is 0.0124. The molecule has 8 nitrogen and oxygen atoms in total. The lowest BCUT2D eigenvalue weighted by atomic mass is 10.1. The maximum atomic E-state index is 14.1. The molecule has 1 aliphatic rings. The fourth-order valence-electron chi connectivity index (χ4n) is 4.95. The zero-order valence-electron chi connectivity index (χ0n) is 23.8. The summed E-state index contributed by atoms with van der Waals surface area (Å²) in [5.41, 5.74) is 1.78. The van der Waals surface area contributed by atoms with Gasteiger partial charge in [-0.2, -0.15) is 0 Å². The standard InChI is InChI=1S/C31H35Cl2N3O5S/c1-21-11-14-27(15-12-21)42(39,40)36(25-13-16-28(32)29(33)18-25)20-30(37)35(19-23-7-6-10-26(17-23)41-3)22(2)31(38)34-24-8-4-5-9-24/h6-7,10-18,22,24H,4-5,8-9,19-20H2,1-3H3,(H,34,38)/t22-/m1/s1. The molecule has 0 radical (unpaired) electrons. The summed E-state index contributed by atoms with van der Waals surface area (Å²) < 4.78 is 34.3. The van der Waals surface area contributed by atoms with Gasteiger partial charge in [-0.15, -0.1) is 0 Å². The van der Waals surface area contributed by atoms with E-state index in [4.69, 9.17) is 27.9 Å². The quantitative estimate of drug-likeness (QED) is 0.281. The van der Waals surface area contributed by atoms with Gasteiger partial charge in [0.1, 0.15) is 18.3 Å². The van der Waals surface area contributed by atoms with Crippen molar-refractivity contribution < 1.29 is 22.7 Å². The van der Waals surface area contributed by atoms with Crippen LogP contribution in [0.25, 0.3) is 0 Å². The van der Waals surface area contributed by atoms with Crippen molar-refractivity contribution in [1.82, 2.24) is 10.2 Å². The largest absolute Gasteiger partial charge is 0.497 e. The Morgan fingerprint density at radius 1 is 1.00 bits per heavy atom. The number of halogens is 2. The number of nitrogens with zero attached hydrogens (tertiary/aromatic N) is 2. The van der Waals surface area contributed by atoms with Crippen LogP contribution in [0.5, 0.6) is 5.75 Å². The normalized spacial score (nSPS) is 14.3. The summed E-state index contributed by atoms with van der Waals surface area (Å²) in [5, 5.41) is 3.45. The molecule has 0 unspecified atom stereocenters. The first-order chi connectivity index (χ1) is 20.0. The lowest BCUT2D eigenvalue weighted by Gasteiger charge is -2.32. The van der Waals surface area contributed by atoms with Gasteiger partial charge >= 0.3 is 0 Å². The first-order valence-corrected chi connectivity index (χ1v) is 16.0. The fourth-order valence-corrected chi connectivity index (χ4v) is 6.65. The summed E-state index contributed by atoms with van der Waals surface area (Å²) in [7, 11) is -2.67. The zero-order valence-corrected chi connectivity index (χ0v) is 26.2. The number of aryl methyl sites for hydroxylation is 1. The molecule has 2 amide bonds. The number of carbonyl (C=O) groups is 2. The van der Waals surface area contributed by atoms with Crippen LogP contribution in [0.2, 0.25) is 10.0 Å². The molecule has 0 heterocycles. The molecule has 1 aliphatic carbocycles. The Hall–Kier alpha value is -3.27. The van der Waals surface area contributed by atoms with Crippen LogP contribution in [0.3, 0.4) is 0 Å². The molecular weight excluding hydrogens is 597 g/mol. The second-order valence-corrected chi connectivity index (χ2v) is 13.1. The van der Waals surface area contributed by atoms with Crippen LogP contribution in [0.4, 0.5) is 5.69 Å². The molecule has 224 valence electrons. The maximum absolute atomic E-state index is 14.1. The van der Waals surface area contributed by atoms with Gasteiger partial charge in [0.05, 0.1) is 27.7 Å². The van der Waals surface area contributed by atoms with Gasteiger partial charge in [0.15, 0.2) is 0 Å². The first-order valence-electron chi connectivity index (χ1n) is 13.8. The van der Waals surface area contributed by atoms with Crippen molar-refractivity contribution in [1.29, 1.82) is 0 Å². The summed E-state index contributed by atoms with van der Waals surface area (Å²) in [4.78, 5) is 28.9. The smallest absolute Gasteiger partial charge is 0.264 e. The minimum Gasteiger partial charge on any atom is -0.497 e. The van der Waals surface area contributed by atoms with Gasteiger partial charge in [0.25, 0.3) is 10.0 Å². The van der Waals surface area contributed by atoms with Crippen molar-refractivity contribution in [2.45, 2.75) is 63.1 Å². The number of ether oxygens (including phenoxy) is 1. The van der Waals surface area contributed by atoms with E-state index in [-0.39, 0.29) is 39.1 Å². The second kappa shape index (κ2) is 13.8. The van der Waals surface area contributed by atoms with E-state index in [0.29, 0.717) is 5.75 Å². The SMILES string of the molecule is COc1cccc(CN(C(=O)CN(c2ccc(Cl)c(Cl)c2)S(=O)(=O)c2ccc(C)cc2)[C@H](C)C(=O)NC2CCCC2)c1. The zero-order chi connectivity index (χ0) is 30.4. The number of carbonyl (C=O) groups excluding carboxylic acids is 2. The number of rotatable bonds is 11. The predicted octanol–water partition coefficient (Wildman–Crippen LogP) is 5.98. The predicted molar refractivity (Wildman–Crippen MR) is 166 cm³/mol. The number of amides is 2. The van der Waals surface area contributed by atoms with Gasteiger partial charge in [-0.25, -0.2) is 8.42 Å². The van der Waals surface area contributed by atoms with Gasteiger partial charge in [-0.05, 0) is 74.7 Å². The van der Waals surface area contributed by atoms with E-state index in [1.807, 2.05) is 13.0 Å². The Morgan fingerprint density at radius 3 is 2.33 bits per heavy atom. The van der Waals surface area contributed by atoms with E-state index in [9.17, 15) is 18.0 Å². The number of hydrogen-bond acceptors (Lipinski definition) is 5. The van der Waals surface area contributed by atoms with Crippen LogP contribution < -0.4 is 14.4 Å². The van der Waals surface area contributed by atoms with Crippen molar-refractivity contribution >= 4 is 50.7 Å². The minimum atomic E-state index is -4.21. The Morgan fingerprint density at radius 2 is 1.69 bits per heavy atom. The highest BCUT2D eigenvalue weighted by atomic mass is 35.5. The Balaban J connectivity index is 1.71. The van der Waals surface area contributed by atoms with E-state index in [2.05, 4.69) is 5.32 Å². The Kier molecular flexibility index (Phi) is 10.4. The molecular formula is C31H35Cl2N3O5S. The molecule has 42 heavy (non-hydrogen) atoms. The molecule has 0 aliphatic heterocycles. The maximum Gasteiger partial charge on any atom is 0.264 e. The molecule has 0 aromatic heterocycles. The highest BCUT2D eigenvalue weighted by Gasteiger charge is 2.33. The molecule has 1 saturated carbocycles. The Labute approximate surface area is 257 Å². The summed E-state index contributed by atoms with van der Waals surface area (Å²) in [6, 6.07) is 17.1. The van der Waals surface area contributed by atoms with Crippen LogP contribution >= 0.6 is 23.2 Å². The molecule has 3 aromatic carbocycles. The van der Waals surface area contributed by atoms with Gasteiger partial charge in [-0.3, -0.25) is 13.9 Å². The summed E-state index contributed by atoms with van der Waals surface area (Å²) in [6.45, 7) is 3.00. The molecule has 0 saturated heterocycles. The van der Waals surface area contributed by atoms with E-state index in [0.717, 1.165) is 41.1 Å². The summed E-state index contributed by atoms with van der Waals surface area (Å²) >= 11 is 12.4. The number of benzene rings is 3. The van der Waals surface area contributed by atoms with E-state index < -0.39 is 28.5 Å². The van der Waals surface area contributed by atoms with Gasteiger partial charge in [-0.1, -0.05) is 65.9 Å². The molecule has 1 atom stereocenters. The summed E-state index contributed by atoms with van der Waals surface area (Å²) in [6.07, 6.45) is 3.87.